The maximum Gasteiger partial charge on any atom is 0.332 e. The topological polar surface area (TPSA) is 98.9 Å². The van der Waals surface area contributed by atoms with Crippen LogP contribution in [0.25, 0.3) is 0 Å². The van der Waals surface area contributed by atoms with Gasteiger partial charge in [0.05, 0.1) is 13.7 Å². The molecule has 6 heteroatoms. The van der Waals surface area contributed by atoms with Crippen molar-refractivity contribution in [2.75, 3.05) is 13.7 Å². The Kier molecular flexibility index (Phi) is 7.42. The summed E-state index contributed by atoms with van der Waals surface area (Å²) < 4.78 is 11.0. The number of para-hydroxylation sites is 2. The second kappa shape index (κ2) is 8.85. The first-order chi connectivity index (χ1) is 11.7. The number of benzene rings is 1. The number of rotatable bonds is 11. The number of carboxylic acid groups (broad SMARTS) is 1. The van der Waals surface area contributed by atoms with Gasteiger partial charge in [0.2, 0.25) is 0 Å². The van der Waals surface area contributed by atoms with E-state index in [1.807, 2.05) is 6.92 Å². The zero-order valence-electron chi connectivity index (χ0n) is 15.5. The summed E-state index contributed by atoms with van der Waals surface area (Å²) >= 11 is 0. The summed E-state index contributed by atoms with van der Waals surface area (Å²) in [4.78, 5) is 24.4. The number of Topliss-reactive ketones (excluding diaryl/α,β-unsaturated/α-hetero) is 1. The number of hydrogen-bond donors (Lipinski definition) is 2. The second-order valence-corrected chi connectivity index (χ2v) is 6.82. The number of ketones is 1. The molecule has 6 nitrogen and oxygen atoms in total. The molecule has 0 fully saturated rings. The summed E-state index contributed by atoms with van der Waals surface area (Å²) in [6.45, 7) is 5.25. The number of nitrogens with two attached hydrogens (primary N) is 1. The van der Waals surface area contributed by atoms with Crippen molar-refractivity contribution in [3.05, 3.63) is 24.3 Å². The van der Waals surface area contributed by atoms with E-state index in [4.69, 9.17) is 15.2 Å². The van der Waals surface area contributed by atoms with E-state index in [0.717, 1.165) is 12.8 Å². The summed E-state index contributed by atoms with van der Waals surface area (Å²) in [7, 11) is 1.52. The molecule has 1 atom stereocenters. The maximum absolute atomic E-state index is 12.6. The van der Waals surface area contributed by atoms with E-state index in [0.29, 0.717) is 17.9 Å². The van der Waals surface area contributed by atoms with Crippen molar-refractivity contribution >= 4 is 11.8 Å². The van der Waals surface area contributed by atoms with Crippen LogP contribution in [-0.2, 0) is 9.59 Å². The molecular weight excluding hydrogens is 322 g/mol. The molecule has 1 aromatic rings. The molecular formula is C19H29NO5. The highest BCUT2D eigenvalue weighted by Gasteiger charge is 2.54. The molecule has 0 amide bonds. The highest BCUT2D eigenvalue weighted by Crippen LogP contribution is 2.34. The van der Waals surface area contributed by atoms with Gasteiger partial charge in [-0.05, 0) is 18.6 Å². The predicted octanol–water partition coefficient (Wildman–Crippen LogP) is 3.03. The summed E-state index contributed by atoms with van der Waals surface area (Å²) in [5.74, 6) is -0.792. The van der Waals surface area contributed by atoms with Gasteiger partial charge >= 0.3 is 5.97 Å². The SMILES string of the molecule is CCCCCC(=O)C(N)(C(=O)O)C(C)(C)COc1ccccc1OC. The van der Waals surface area contributed by atoms with Crippen molar-refractivity contribution in [3.8, 4) is 11.5 Å². The molecule has 1 unspecified atom stereocenters. The summed E-state index contributed by atoms with van der Waals surface area (Å²) in [6.07, 6.45) is 2.58. The molecule has 140 valence electrons. The van der Waals surface area contributed by atoms with Crippen LogP contribution in [0.4, 0.5) is 0 Å². The van der Waals surface area contributed by atoms with Gasteiger partial charge in [0.1, 0.15) is 0 Å². The molecule has 1 rings (SSSR count). The molecule has 0 saturated heterocycles. The summed E-state index contributed by atoms with van der Waals surface area (Å²) in [6, 6.07) is 7.05. The fourth-order valence-electron chi connectivity index (χ4n) is 2.63. The Morgan fingerprint density at radius 1 is 1.16 bits per heavy atom. The van der Waals surface area contributed by atoms with E-state index in [9.17, 15) is 14.7 Å². The smallest absolute Gasteiger partial charge is 0.332 e. The lowest BCUT2D eigenvalue weighted by atomic mass is 9.69. The lowest BCUT2D eigenvalue weighted by Crippen LogP contribution is -2.66. The van der Waals surface area contributed by atoms with Crippen molar-refractivity contribution in [2.24, 2.45) is 11.1 Å². The van der Waals surface area contributed by atoms with Crippen LogP contribution in [0.3, 0.4) is 0 Å². The van der Waals surface area contributed by atoms with Gasteiger partial charge in [-0.25, -0.2) is 4.79 Å². The van der Waals surface area contributed by atoms with Crippen LogP contribution in [0.15, 0.2) is 24.3 Å². The molecule has 0 radical (unpaired) electrons. The normalized spacial score (nSPS) is 13.8. The Labute approximate surface area is 149 Å². The second-order valence-electron chi connectivity index (χ2n) is 6.82. The van der Waals surface area contributed by atoms with Gasteiger partial charge in [-0.1, -0.05) is 45.7 Å². The van der Waals surface area contributed by atoms with Crippen molar-refractivity contribution < 1.29 is 24.2 Å². The molecule has 0 heterocycles. The maximum atomic E-state index is 12.6. The van der Waals surface area contributed by atoms with Crippen LogP contribution in [0.1, 0.15) is 46.5 Å². The van der Waals surface area contributed by atoms with Crippen LogP contribution in [0.5, 0.6) is 11.5 Å². The predicted molar refractivity (Wildman–Crippen MR) is 96.0 cm³/mol. The van der Waals surface area contributed by atoms with Crippen LogP contribution in [-0.4, -0.2) is 36.1 Å². The monoisotopic (exact) mass is 351 g/mol. The van der Waals surface area contributed by atoms with E-state index >= 15 is 0 Å². The molecule has 0 saturated carbocycles. The Balaban J connectivity index is 2.96. The van der Waals surface area contributed by atoms with Crippen LogP contribution < -0.4 is 15.2 Å². The third kappa shape index (κ3) is 4.72. The van der Waals surface area contributed by atoms with Crippen molar-refractivity contribution in [2.45, 2.75) is 52.0 Å². The fraction of sp³-hybridized carbons (Fsp3) is 0.579. The number of ether oxygens (including phenoxy) is 2. The minimum atomic E-state index is -2.01. The van der Waals surface area contributed by atoms with Crippen LogP contribution >= 0.6 is 0 Å². The number of carboxylic acids is 1. The van der Waals surface area contributed by atoms with E-state index in [-0.39, 0.29) is 13.0 Å². The molecule has 0 aliphatic carbocycles. The number of unbranched alkanes of at least 4 members (excludes halogenated alkanes) is 2. The Morgan fingerprint density at radius 3 is 2.28 bits per heavy atom. The van der Waals surface area contributed by atoms with Gasteiger partial charge in [0.25, 0.3) is 0 Å². The first-order valence-electron chi connectivity index (χ1n) is 8.52. The first-order valence-corrected chi connectivity index (χ1v) is 8.52. The lowest BCUT2D eigenvalue weighted by molar-refractivity contribution is -0.155. The van der Waals surface area contributed by atoms with E-state index in [2.05, 4.69) is 0 Å². The van der Waals surface area contributed by atoms with Gasteiger partial charge in [0.15, 0.2) is 22.8 Å². The highest BCUT2D eigenvalue weighted by molar-refractivity contribution is 6.08. The van der Waals surface area contributed by atoms with Gasteiger partial charge in [-0.3, -0.25) is 4.79 Å². The zero-order chi connectivity index (χ0) is 19.1. The third-order valence-electron chi connectivity index (χ3n) is 4.51. The molecule has 3 N–H and O–H groups in total. The molecule has 0 aliphatic rings. The van der Waals surface area contributed by atoms with E-state index in [1.165, 1.54) is 7.11 Å². The number of carbonyl (C=O) groups is 2. The van der Waals surface area contributed by atoms with E-state index < -0.39 is 22.7 Å². The number of hydrogen-bond acceptors (Lipinski definition) is 5. The fourth-order valence-corrected chi connectivity index (χ4v) is 2.63. The molecule has 0 spiro atoms. The summed E-state index contributed by atoms with van der Waals surface area (Å²) in [5, 5.41) is 9.67. The molecule has 0 aromatic heterocycles. The van der Waals surface area contributed by atoms with Crippen molar-refractivity contribution in [1.29, 1.82) is 0 Å². The average Bonchev–Trinajstić information content (AvgIpc) is 2.59. The minimum absolute atomic E-state index is 0.0321. The molecule has 0 bridgehead atoms. The Morgan fingerprint density at radius 2 is 1.76 bits per heavy atom. The number of carbonyl (C=O) groups excluding carboxylic acids is 1. The number of methoxy groups -OCH3 is 1. The van der Waals surface area contributed by atoms with Crippen LogP contribution in [0, 0.1) is 5.41 Å². The largest absolute Gasteiger partial charge is 0.493 e. The molecule has 1 aromatic carbocycles. The Hall–Kier alpha value is -2.08. The Bertz CT molecular complexity index is 599. The van der Waals surface area contributed by atoms with E-state index in [1.54, 1.807) is 38.1 Å². The average molecular weight is 351 g/mol. The van der Waals surface area contributed by atoms with Gasteiger partial charge in [0, 0.05) is 11.8 Å². The standard InChI is InChI=1S/C19H29NO5/c1-5-6-7-12-16(21)19(20,17(22)23)18(2,3)13-25-15-11-9-8-10-14(15)24-4/h8-11H,5-7,12-13,20H2,1-4H3,(H,22,23). The van der Waals surface area contributed by atoms with Crippen LogP contribution in [0.2, 0.25) is 0 Å². The highest BCUT2D eigenvalue weighted by atomic mass is 16.5. The minimum Gasteiger partial charge on any atom is -0.493 e. The molecule has 25 heavy (non-hydrogen) atoms. The first kappa shape index (κ1) is 21.0. The third-order valence-corrected chi connectivity index (χ3v) is 4.51. The van der Waals surface area contributed by atoms with Gasteiger partial charge < -0.3 is 20.3 Å². The zero-order valence-corrected chi connectivity index (χ0v) is 15.5. The quantitative estimate of drug-likeness (QED) is 0.470. The molecule has 0 aliphatic heterocycles. The van der Waals surface area contributed by atoms with Gasteiger partial charge in [-0.15, -0.1) is 0 Å². The van der Waals surface area contributed by atoms with Gasteiger partial charge in [-0.2, -0.15) is 0 Å². The van der Waals surface area contributed by atoms with Crippen molar-refractivity contribution in [1.82, 2.24) is 0 Å². The number of aliphatic carboxylic acids is 1. The lowest BCUT2D eigenvalue weighted by Gasteiger charge is -2.39. The summed E-state index contributed by atoms with van der Waals surface area (Å²) in [5.41, 5.74) is 3.00. The van der Waals surface area contributed by atoms with Crippen molar-refractivity contribution in [3.63, 3.8) is 0 Å².